The Morgan fingerprint density at radius 3 is 3.07 bits per heavy atom. The fraction of sp³-hybridized carbons (Fsp3) is 0.750. The summed E-state index contributed by atoms with van der Waals surface area (Å²) in [6.45, 7) is 3.54. The van der Waals surface area contributed by atoms with Gasteiger partial charge in [0.15, 0.2) is 0 Å². The van der Waals surface area contributed by atoms with Gasteiger partial charge in [-0.15, -0.1) is 0 Å². The Kier molecular flexibility index (Phi) is 3.84. The monoisotopic (exact) mass is 270 g/mol. The van der Waals surface area contributed by atoms with Crippen LogP contribution in [0, 0.1) is 11.8 Å². The second-order valence-corrected chi connectivity index (χ2v) is 5.39. The summed E-state index contributed by atoms with van der Waals surface area (Å²) >= 11 is 3.43. The lowest BCUT2D eigenvalue weighted by Crippen LogP contribution is -2.17. The van der Waals surface area contributed by atoms with Crippen molar-refractivity contribution >= 4 is 15.9 Å². The average Bonchev–Trinajstić information content (AvgIpc) is 2.65. The van der Waals surface area contributed by atoms with E-state index in [1.165, 1.54) is 25.7 Å². The summed E-state index contributed by atoms with van der Waals surface area (Å²) in [5.41, 5.74) is 1.14. The highest BCUT2D eigenvalue weighted by Crippen LogP contribution is 2.29. The van der Waals surface area contributed by atoms with Gasteiger partial charge in [-0.1, -0.05) is 35.7 Å². The quantitative estimate of drug-likeness (QED) is 0.768. The van der Waals surface area contributed by atoms with Crippen LogP contribution in [0.15, 0.2) is 12.5 Å². The number of alkyl halides is 1. The SMILES string of the molecule is CC1CCCC(Cn2cnc(CBr)c2)C1. The van der Waals surface area contributed by atoms with Gasteiger partial charge < -0.3 is 4.57 Å². The molecule has 2 atom stereocenters. The molecule has 2 rings (SSSR count). The van der Waals surface area contributed by atoms with E-state index in [0.29, 0.717) is 0 Å². The van der Waals surface area contributed by atoms with Gasteiger partial charge in [0.25, 0.3) is 0 Å². The molecular formula is C12H19BrN2. The molecule has 0 saturated heterocycles. The van der Waals surface area contributed by atoms with E-state index in [2.05, 4.69) is 38.6 Å². The minimum Gasteiger partial charge on any atom is -0.337 e. The van der Waals surface area contributed by atoms with Gasteiger partial charge in [-0.25, -0.2) is 4.98 Å². The maximum Gasteiger partial charge on any atom is 0.0949 e. The molecule has 1 aliphatic carbocycles. The van der Waals surface area contributed by atoms with Crippen molar-refractivity contribution < 1.29 is 0 Å². The molecule has 2 unspecified atom stereocenters. The first-order chi connectivity index (χ1) is 7.28. The maximum atomic E-state index is 4.34. The van der Waals surface area contributed by atoms with Crippen LogP contribution in [0.4, 0.5) is 0 Å². The number of rotatable bonds is 3. The van der Waals surface area contributed by atoms with Gasteiger partial charge in [0, 0.05) is 18.1 Å². The van der Waals surface area contributed by atoms with E-state index < -0.39 is 0 Å². The van der Waals surface area contributed by atoms with Gasteiger partial charge in [-0.05, 0) is 24.7 Å². The Hall–Kier alpha value is -0.310. The van der Waals surface area contributed by atoms with Crippen LogP contribution in [-0.4, -0.2) is 9.55 Å². The third-order valence-corrected chi connectivity index (χ3v) is 3.91. The second kappa shape index (κ2) is 5.15. The van der Waals surface area contributed by atoms with E-state index in [4.69, 9.17) is 0 Å². The van der Waals surface area contributed by atoms with Gasteiger partial charge in [-0.3, -0.25) is 0 Å². The highest BCUT2D eigenvalue weighted by atomic mass is 79.9. The zero-order valence-corrected chi connectivity index (χ0v) is 10.9. The highest BCUT2D eigenvalue weighted by Gasteiger charge is 2.18. The Labute approximate surface area is 100 Å². The van der Waals surface area contributed by atoms with Crippen LogP contribution in [0.1, 0.15) is 38.3 Å². The molecule has 0 aliphatic heterocycles. The molecule has 2 nitrogen and oxygen atoms in total. The molecule has 1 aromatic rings. The minimum absolute atomic E-state index is 0.862. The molecule has 0 spiro atoms. The fourth-order valence-corrected chi connectivity index (χ4v) is 2.89. The first kappa shape index (κ1) is 11.2. The molecule has 15 heavy (non-hydrogen) atoms. The molecule has 1 aliphatic rings. The van der Waals surface area contributed by atoms with Crippen molar-refractivity contribution in [2.24, 2.45) is 11.8 Å². The van der Waals surface area contributed by atoms with Crippen LogP contribution in [0.2, 0.25) is 0 Å². The number of aromatic nitrogens is 2. The molecule has 0 bridgehead atoms. The summed E-state index contributed by atoms with van der Waals surface area (Å²) in [6, 6.07) is 0. The molecular weight excluding hydrogens is 252 g/mol. The fourth-order valence-electron chi connectivity index (χ4n) is 2.60. The molecule has 0 amide bonds. The number of nitrogens with zero attached hydrogens (tertiary/aromatic N) is 2. The topological polar surface area (TPSA) is 17.8 Å². The number of halogens is 1. The summed E-state index contributed by atoms with van der Waals surface area (Å²) in [5, 5.41) is 0.862. The lowest BCUT2D eigenvalue weighted by molar-refractivity contribution is 0.257. The largest absolute Gasteiger partial charge is 0.337 e. The zero-order chi connectivity index (χ0) is 10.7. The number of hydrogen-bond donors (Lipinski definition) is 0. The van der Waals surface area contributed by atoms with Gasteiger partial charge in [-0.2, -0.15) is 0 Å². The van der Waals surface area contributed by atoms with Gasteiger partial charge in [0.05, 0.1) is 12.0 Å². The zero-order valence-electron chi connectivity index (χ0n) is 9.32. The number of hydrogen-bond acceptors (Lipinski definition) is 1. The van der Waals surface area contributed by atoms with Crippen molar-refractivity contribution in [1.82, 2.24) is 9.55 Å². The van der Waals surface area contributed by atoms with E-state index in [-0.39, 0.29) is 0 Å². The molecule has 1 aromatic heterocycles. The summed E-state index contributed by atoms with van der Waals surface area (Å²) in [6.07, 6.45) is 9.75. The Balaban J connectivity index is 1.90. The van der Waals surface area contributed by atoms with Gasteiger partial charge in [0.1, 0.15) is 0 Å². The third-order valence-electron chi connectivity index (χ3n) is 3.34. The van der Waals surface area contributed by atoms with Crippen molar-refractivity contribution in [1.29, 1.82) is 0 Å². The smallest absolute Gasteiger partial charge is 0.0949 e. The lowest BCUT2D eigenvalue weighted by Gasteiger charge is -2.26. The molecule has 1 heterocycles. The minimum atomic E-state index is 0.862. The van der Waals surface area contributed by atoms with Crippen LogP contribution in [-0.2, 0) is 11.9 Å². The maximum absolute atomic E-state index is 4.34. The van der Waals surface area contributed by atoms with Crippen LogP contribution in [0.5, 0.6) is 0 Å². The summed E-state index contributed by atoms with van der Waals surface area (Å²) in [7, 11) is 0. The summed E-state index contributed by atoms with van der Waals surface area (Å²) in [5.74, 6) is 1.79. The Bertz CT molecular complexity index is 308. The van der Waals surface area contributed by atoms with Crippen molar-refractivity contribution in [3.8, 4) is 0 Å². The van der Waals surface area contributed by atoms with Crippen LogP contribution in [0.25, 0.3) is 0 Å². The van der Waals surface area contributed by atoms with E-state index in [0.717, 1.165) is 29.4 Å². The second-order valence-electron chi connectivity index (χ2n) is 4.83. The predicted molar refractivity (Wildman–Crippen MR) is 66.0 cm³/mol. The van der Waals surface area contributed by atoms with E-state index in [9.17, 15) is 0 Å². The molecule has 3 heteroatoms. The summed E-state index contributed by atoms with van der Waals surface area (Å²) in [4.78, 5) is 4.34. The van der Waals surface area contributed by atoms with Crippen LogP contribution >= 0.6 is 15.9 Å². The molecule has 0 aromatic carbocycles. The first-order valence-corrected chi connectivity index (χ1v) is 6.96. The van der Waals surface area contributed by atoms with Gasteiger partial charge >= 0.3 is 0 Å². The normalized spacial score (nSPS) is 26.8. The molecule has 1 fully saturated rings. The molecule has 84 valence electrons. The van der Waals surface area contributed by atoms with Crippen molar-refractivity contribution in [3.63, 3.8) is 0 Å². The summed E-state index contributed by atoms with van der Waals surface area (Å²) < 4.78 is 2.25. The number of imidazole rings is 1. The predicted octanol–water partition coefficient (Wildman–Crippen LogP) is 3.60. The Morgan fingerprint density at radius 1 is 1.53 bits per heavy atom. The van der Waals surface area contributed by atoms with Crippen molar-refractivity contribution in [2.75, 3.05) is 0 Å². The highest BCUT2D eigenvalue weighted by molar-refractivity contribution is 9.08. The van der Waals surface area contributed by atoms with E-state index in [1.54, 1.807) is 0 Å². The standard InChI is InChI=1S/C12H19BrN2/c1-10-3-2-4-11(5-10)7-15-8-12(6-13)14-9-15/h8-11H,2-7H2,1H3. The lowest BCUT2D eigenvalue weighted by atomic mass is 9.82. The van der Waals surface area contributed by atoms with Crippen LogP contribution < -0.4 is 0 Å². The van der Waals surface area contributed by atoms with E-state index in [1.807, 2.05) is 6.33 Å². The molecule has 1 saturated carbocycles. The third kappa shape index (κ3) is 3.07. The Morgan fingerprint density at radius 2 is 2.40 bits per heavy atom. The molecule has 0 N–H and O–H groups in total. The van der Waals surface area contributed by atoms with E-state index >= 15 is 0 Å². The van der Waals surface area contributed by atoms with Gasteiger partial charge in [0.2, 0.25) is 0 Å². The van der Waals surface area contributed by atoms with Crippen molar-refractivity contribution in [3.05, 3.63) is 18.2 Å². The average molecular weight is 271 g/mol. The van der Waals surface area contributed by atoms with Crippen molar-refractivity contribution in [2.45, 2.75) is 44.5 Å². The first-order valence-electron chi connectivity index (χ1n) is 5.84. The molecule has 0 radical (unpaired) electrons. The van der Waals surface area contributed by atoms with Crippen LogP contribution in [0.3, 0.4) is 0 Å².